The molecule has 3 nitrogen and oxygen atoms in total. The van der Waals surface area contributed by atoms with Crippen LogP contribution in [0.4, 0.5) is 0 Å². The first kappa shape index (κ1) is 20.9. The van der Waals surface area contributed by atoms with Gasteiger partial charge in [0.25, 0.3) is 0 Å². The number of allylic oxidation sites excluding steroid dienone is 3. The Labute approximate surface area is 136 Å². The molecule has 0 amide bonds. The van der Waals surface area contributed by atoms with Crippen molar-refractivity contribution in [3.63, 3.8) is 0 Å². The fraction of sp³-hybridized carbons (Fsp3) is 0.737. The summed E-state index contributed by atoms with van der Waals surface area (Å²) in [6, 6.07) is 0. The van der Waals surface area contributed by atoms with Crippen molar-refractivity contribution in [2.45, 2.75) is 72.8 Å². The van der Waals surface area contributed by atoms with Gasteiger partial charge in [-0.2, -0.15) is 0 Å². The average Bonchev–Trinajstić information content (AvgIpc) is 2.37. The fourth-order valence-corrected chi connectivity index (χ4v) is 2.54. The molecule has 0 spiro atoms. The van der Waals surface area contributed by atoms with Gasteiger partial charge in [0, 0.05) is 13.2 Å². The number of ether oxygens (including phenoxy) is 1. The van der Waals surface area contributed by atoms with E-state index in [1.165, 1.54) is 6.08 Å². The summed E-state index contributed by atoms with van der Waals surface area (Å²) in [4.78, 5) is 10.8. The van der Waals surface area contributed by atoms with Gasteiger partial charge in [0.05, 0.1) is 5.60 Å². The van der Waals surface area contributed by atoms with Gasteiger partial charge in [-0.25, -0.2) is 4.79 Å². The second-order valence-corrected chi connectivity index (χ2v) is 7.18. The quantitative estimate of drug-likeness (QED) is 0.444. The number of carboxylic acids is 1. The van der Waals surface area contributed by atoms with Crippen molar-refractivity contribution in [2.75, 3.05) is 7.11 Å². The van der Waals surface area contributed by atoms with Gasteiger partial charge in [0.1, 0.15) is 0 Å². The zero-order valence-electron chi connectivity index (χ0n) is 15.4. The molecule has 0 fully saturated rings. The van der Waals surface area contributed by atoms with Crippen LogP contribution in [0.1, 0.15) is 67.2 Å². The second kappa shape index (κ2) is 9.83. The molecule has 0 aliphatic carbocycles. The van der Waals surface area contributed by atoms with E-state index in [0.29, 0.717) is 11.8 Å². The van der Waals surface area contributed by atoms with E-state index in [0.717, 1.165) is 36.8 Å². The smallest absolute Gasteiger partial charge is 0.328 e. The molecule has 1 unspecified atom stereocenters. The van der Waals surface area contributed by atoms with Crippen LogP contribution in [0.25, 0.3) is 0 Å². The van der Waals surface area contributed by atoms with Crippen molar-refractivity contribution in [2.24, 2.45) is 11.8 Å². The van der Waals surface area contributed by atoms with Crippen LogP contribution in [0.15, 0.2) is 23.3 Å². The first-order valence-corrected chi connectivity index (χ1v) is 8.26. The van der Waals surface area contributed by atoms with Crippen LogP contribution in [-0.4, -0.2) is 23.8 Å². The fourth-order valence-electron chi connectivity index (χ4n) is 2.54. The lowest BCUT2D eigenvalue weighted by molar-refractivity contribution is -0.131. The minimum absolute atomic E-state index is 0.0422. The number of carboxylic acid groups (broad SMARTS) is 1. The molecule has 128 valence electrons. The SMILES string of the molecule is COC(C)(C)CCCC(C)CC=C(C(C)=CC(=O)O)C(C)C. The van der Waals surface area contributed by atoms with Gasteiger partial charge in [-0.3, -0.25) is 0 Å². The Kier molecular flexibility index (Phi) is 9.34. The zero-order valence-corrected chi connectivity index (χ0v) is 15.4. The molecule has 0 saturated heterocycles. The van der Waals surface area contributed by atoms with E-state index in [2.05, 4.69) is 40.7 Å². The summed E-state index contributed by atoms with van der Waals surface area (Å²) in [5.74, 6) is 0.0631. The van der Waals surface area contributed by atoms with Crippen LogP contribution in [0.3, 0.4) is 0 Å². The largest absolute Gasteiger partial charge is 0.478 e. The van der Waals surface area contributed by atoms with Crippen molar-refractivity contribution >= 4 is 5.97 Å². The molecule has 0 aliphatic heterocycles. The number of methoxy groups -OCH3 is 1. The van der Waals surface area contributed by atoms with E-state index < -0.39 is 5.97 Å². The van der Waals surface area contributed by atoms with Gasteiger partial charge in [0.15, 0.2) is 0 Å². The lowest BCUT2D eigenvalue weighted by Gasteiger charge is -2.23. The normalized spacial score (nSPS) is 15.3. The second-order valence-electron chi connectivity index (χ2n) is 7.18. The summed E-state index contributed by atoms with van der Waals surface area (Å²) in [7, 11) is 1.76. The monoisotopic (exact) mass is 310 g/mol. The number of rotatable bonds is 10. The topological polar surface area (TPSA) is 46.5 Å². The Morgan fingerprint density at radius 2 is 1.86 bits per heavy atom. The number of carbonyl (C=O) groups is 1. The maximum absolute atomic E-state index is 10.8. The van der Waals surface area contributed by atoms with Gasteiger partial charge < -0.3 is 9.84 Å². The molecule has 0 radical (unpaired) electrons. The molecular formula is C19H34O3. The predicted octanol–water partition coefficient (Wildman–Crippen LogP) is 5.22. The Balaban J connectivity index is 4.54. The van der Waals surface area contributed by atoms with E-state index in [4.69, 9.17) is 9.84 Å². The minimum atomic E-state index is -0.876. The van der Waals surface area contributed by atoms with Crippen molar-refractivity contribution in [3.8, 4) is 0 Å². The van der Waals surface area contributed by atoms with E-state index in [-0.39, 0.29) is 5.60 Å². The maximum Gasteiger partial charge on any atom is 0.328 e. The lowest BCUT2D eigenvalue weighted by atomic mass is 9.90. The molecule has 3 heteroatoms. The van der Waals surface area contributed by atoms with E-state index >= 15 is 0 Å². The van der Waals surface area contributed by atoms with Crippen LogP contribution in [0, 0.1) is 11.8 Å². The van der Waals surface area contributed by atoms with Crippen LogP contribution in [0.5, 0.6) is 0 Å². The van der Waals surface area contributed by atoms with Crippen LogP contribution in [0.2, 0.25) is 0 Å². The van der Waals surface area contributed by atoms with Crippen LogP contribution in [-0.2, 0) is 9.53 Å². The van der Waals surface area contributed by atoms with E-state index in [1.54, 1.807) is 7.11 Å². The summed E-state index contributed by atoms with van der Waals surface area (Å²) < 4.78 is 5.44. The zero-order chi connectivity index (χ0) is 17.3. The number of hydrogen-bond donors (Lipinski definition) is 1. The van der Waals surface area contributed by atoms with Crippen molar-refractivity contribution in [3.05, 3.63) is 23.3 Å². The third kappa shape index (κ3) is 9.04. The molecule has 0 aromatic rings. The van der Waals surface area contributed by atoms with Gasteiger partial charge >= 0.3 is 5.97 Å². The summed E-state index contributed by atoms with van der Waals surface area (Å²) in [5.41, 5.74) is 1.96. The lowest BCUT2D eigenvalue weighted by Crippen LogP contribution is -2.22. The highest BCUT2D eigenvalue weighted by Gasteiger charge is 2.16. The highest BCUT2D eigenvalue weighted by molar-refractivity contribution is 5.81. The Morgan fingerprint density at radius 3 is 2.32 bits per heavy atom. The molecule has 0 bridgehead atoms. The molecule has 0 saturated carbocycles. The predicted molar refractivity (Wildman–Crippen MR) is 93.0 cm³/mol. The third-order valence-corrected chi connectivity index (χ3v) is 4.19. The van der Waals surface area contributed by atoms with Crippen LogP contribution >= 0.6 is 0 Å². The van der Waals surface area contributed by atoms with Gasteiger partial charge in [0.2, 0.25) is 0 Å². The molecule has 1 atom stereocenters. The molecule has 0 rings (SSSR count). The van der Waals surface area contributed by atoms with Crippen molar-refractivity contribution in [1.29, 1.82) is 0 Å². The molecule has 0 aromatic carbocycles. The Morgan fingerprint density at radius 1 is 1.27 bits per heavy atom. The van der Waals surface area contributed by atoms with E-state index in [1.807, 2.05) is 6.92 Å². The van der Waals surface area contributed by atoms with Crippen molar-refractivity contribution in [1.82, 2.24) is 0 Å². The molecule has 0 heterocycles. The molecule has 22 heavy (non-hydrogen) atoms. The molecule has 1 N–H and O–H groups in total. The summed E-state index contributed by atoms with van der Waals surface area (Å²) in [5, 5.41) is 8.89. The standard InChI is InChI=1S/C19H34O3/c1-14(2)17(16(4)13-18(20)21)11-10-15(3)9-8-12-19(5,6)22-7/h11,13-15H,8-10,12H2,1-7H3,(H,20,21). The maximum atomic E-state index is 10.8. The molecule has 0 aliphatic rings. The highest BCUT2D eigenvalue weighted by atomic mass is 16.5. The number of aliphatic carboxylic acids is 1. The number of hydrogen-bond acceptors (Lipinski definition) is 2. The van der Waals surface area contributed by atoms with Crippen LogP contribution < -0.4 is 0 Å². The first-order chi connectivity index (χ1) is 10.1. The summed E-state index contributed by atoms with van der Waals surface area (Å²) in [6.45, 7) is 12.6. The highest BCUT2D eigenvalue weighted by Crippen LogP contribution is 2.24. The Hall–Kier alpha value is -1.09. The Bertz CT molecular complexity index is 403. The molecular weight excluding hydrogens is 276 g/mol. The molecule has 0 aromatic heterocycles. The summed E-state index contributed by atoms with van der Waals surface area (Å²) >= 11 is 0. The average molecular weight is 310 g/mol. The third-order valence-electron chi connectivity index (χ3n) is 4.19. The van der Waals surface area contributed by atoms with Gasteiger partial charge in [-0.05, 0) is 56.6 Å². The van der Waals surface area contributed by atoms with Crippen molar-refractivity contribution < 1.29 is 14.6 Å². The minimum Gasteiger partial charge on any atom is -0.478 e. The van der Waals surface area contributed by atoms with E-state index in [9.17, 15) is 4.79 Å². The summed E-state index contributed by atoms with van der Waals surface area (Å²) in [6.07, 6.45) is 7.88. The van der Waals surface area contributed by atoms with Gasteiger partial charge in [-0.15, -0.1) is 0 Å². The van der Waals surface area contributed by atoms with Gasteiger partial charge in [-0.1, -0.05) is 39.7 Å². The first-order valence-electron chi connectivity index (χ1n) is 8.26.